The van der Waals surface area contributed by atoms with Crippen molar-refractivity contribution in [3.8, 4) is 22.4 Å². The zero-order valence-electron chi connectivity index (χ0n) is 18.1. The molecule has 5 nitrogen and oxygen atoms in total. The lowest BCUT2D eigenvalue weighted by Crippen LogP contribution is -2.02. The fraction of sp³-hybridized carbons (Fsp3) is 0.192. The molecule has 0 aliphatic heterocycles. The van der Waals surface area contributed by atoms with Gasteiger partial charge in [0.1, 0.15) is 11.5 Å². The largest absolute Gasteiger partial charge is 0.477 e. The maximum absolute atomic E-state index is 14.5. The Morgan fingerprint density at radius 3 is 2.41 bits per heavy atom. The summed E-state index contributed by atoms with van der Waals surface area (Å²) >= 11 is 0. The Morgan fingerprint density at radius 1 is 1.00 bits per heavy atom. The van der Waals surface area contributed by atoms with Crippen molar-refractivity contribution in [2.24, 2.45) is 0 Å². The Bertz CT molecular complexity index is 1490. The first-order chi connectivity index (χ1) is 15.4. The van der Waals surface area contributed by atoms with Crippen molar-refractivity contribution in [3.63, 3.8) is 0 Å². The van der Waals surface area contributed by atoms with Crippen molar-refractivity contribution in [2.45, 2.75) is 33.1 Å². The number of hydrogen-bond donors (Lipinski definition) is 4. The average Bonchev–Trinajstić information content (AvgIpc) is 3.49. The molecule has 5 rings (SSSR count). The van der Waals surface area contributed by atoms with Crippen LogP contribution in [0.1, 0.15) is 48.3 Å². The molecule has 0 saturated carbocycles. The van der Waals surface area contributed by atoms with Gasteiger partial charge in [0.2, 0.25) is 0 Å². The molecule has 0 aliphatic rings. The summed E-state index contributed by atoms with van der Waals surface area (Å²) in [7, 11) is 0. The highest BCUT2D eigenvalue weighted by Gasteiger charge is 2.29. The van der Waals surface area contributed by atoms with E-state index in [1.165, 1.54) is 12.1 Å². The van der Waals surface area contributed by atoms with E-state index in [9.17, 15) is 14.3 Å². The normalized spacial score (nSPS) is 11.8. The van der Waals surface area contributed by atoms with Crippen LogP contribution in [-0.4, -0.2) is 26.0 Å². The number of aromatic amines is 3. The first kappa shape index (κ1) is 20.1. The van der Waals surface area contributed by atoms with Crippen molar-refractivity contribution >= 4 is 27.8 Å². The molecule has 5 aromatic rings. The Morgan fingerprint density at radius 2 is 1.72 bits per heavy atom. The maximum Gasteiger partial charge on any atom is 0.352 e. The summed E-state index contributed by atoms with van der Waals surface area (Å²) in [6, 6.07) is 10.9. The standard InChI is InChI=1S/C26H24FN3O2/c1-4-14-5-6-19-17(8-10-28-19)22(14)23-21(13(2)3)24(30-25(23)26(31)32)18-11-15(27)12-20-16(18)7-9-29-20/h5-13,28-30H,4H2,1-3H3,(H,31,32). The molecular formula is C26H24FN3O2. The molecule has 162 valence electrons. The zero-order valence-corrected chi connectivity index (χ0v) is 18.1. The number of rotatable bonds is 5. The molecule has 0 unspecified atom stereocenters. The van der Waals surface area contributed by atoms with Gasteiger partial charge in [0.05, 0.1) is 5.69 Å². The SMILES string of the molecule is CCc1ccc2[nH]ccc2c1-c1c(C(=O)O)[nH]c(-c2cc(F)cc3[nH]ccc23)c1C(C)C. The molecule has 0 saturated heterocycles. The van der Waals surface area contributed by atoms with Gasteiger partial charge in [-0.25, -0.2) is 9.18 Å². The minimum atomic E-state index is -1.04. The summed E-state index contributed by atoms with van der Waals surface area (Å²) in [5.74, 6) is -1.41. The number of fused-ring (bicyclic) bond motifs is 2. The van der Waals surface area contributed by atoms with Gasteiger partial charge in [-0.3, -0.25) is 0 Å². The van der Waals surface area contributed by atoms with Crippen LogP contribution in [0.2, 0.25) is 0 Å². The number of aromatic carboxylic acids is 1. The van der Waals surface area contributed by atoms with Gasteiger partial charge in [-0.1, -0.05) is 26.8 Å². The average molecular weight is 429 g/mol. The molecule has 0 fully saturated rings. The van der Waals surface area contributed by atoms with Crippen molar-refractivity contribution < 1.29 is 14.3 Å². The van der Waals surface area contributed by atoms with Crippen LogP contribution in [0.25, 0.3) is 44.2 Å². The van der Waals surface area contributed by atoms with Gasteiger partial charge >= 0.3 is 5.97 Å². The van der Waals surface area contributed by atoms with Gasteiger partial charge in [0.15, 0.2) is 0 Å². The van der Waals surface area contributed by atoms with E-state index in [1.807, 2.05) is 44.3 Å². The monoisotopic (exact) mass is 429 g/mol. The van der Waals surface area contributed by atoms with Crippen LogP contribution < -0.4 is 0 Å². The smallest absolute Gasteiger partial charge is 0.352 e. The Balaban J connectivity index is 1.94. The quantitative estimate of drug-likeness (QED) is 0.247. The summed E-state index contributed by atoms with van der Waals surface area (Å²) in [6.07, 6.45) is 4.39. The number of aromatic nitrogens is 3. The van der Waals surface area contributed by atoms with Crippen molar-refractivity contribution in [3.05, 3.63) is 71.4 Å². The Kier molecular flexibility index (Phi) is 4.66. The number of aryl methyl sites for hydroxylation is 1. The molecule has 0 spiro atoms. The number of hydrogen-bond acceptors (Lipinski definition) is 1. The minimum absolute atomic E-state index is 0.000475. The molecule has 0 aliphatic carbocycles. The predicted octanol–water partition coefficient (Wildman–Crippen LogP) is 6.83. The number of benzene rings is 2. The lowest BCUT2D eigenvalue weighted by Gasteiger charge is -2.16. The number of carboxylic acids is 1. The van der Waals surface area contributed by atoms with E-state index in [0.717, 1.165) is 39.4 Å². The number of carbonyl (C=O) groups is 1. The van der Waals surface area contributed by atoms with Gasteiger partial charge < -0.3 is 20.1 Å². The van der Waals surface area contributed by atoms with Gasteiger partial charge in [0.25, 0.3) is 0 Å². The maximum atomic E-state index is 14.5. The zero-order chi connectivity index (χ0) is 22.6. The lowest BCUT2D eigenvalue weighted by molar-refractivity contribution is 0.0692. The van der Waals surface area contributed by atoms with Gasteiger partial charge in [-0.05, 0) is 59.4 Å². The molecule has 0 amide bonds. The van der Waals surface area contributed by atoms with Gasteiger partial charge in [-0.2, -0.15) is 0 Å². The van der Waals surface area contributed by atoms with E-state index >= 15 is 0 Å². The van der Waals surface area contributed by atoms with Gasteiger partial charge in [-0.15, -0.1) is 0 Å². The third kappa shape index (κ3) is 2.94. The molecular weight excluding hydrogens is 405 g/mol. The summed E-state index contributed by atoms with van der Waals surface area (Å²) in [5, 5.41) is 12.0. The van der Waals surface area contributed by atoms with Crippen LogP contribution in [0, 0.1) is 5.82 Å². The molecule has 0 bridgehead atoms. The highest BCUT2D eigenvalue weighted by molar-refractivity contribution is 6.07. The molecule has 0 atom stereocenters. The molecule has 3 heterocycles. The molecule has 32 heavy (non-hydrogen) atoms. The van der Waals surface area contributed by atoms with E-state index in [-0.39, 0.29) is 17.4 Å². The lowest BCUT2D eigenvalue weighted by atomic mass is 9.86. The van der Waals surface area contributed by atoms with Crippen molar-refractivity contribution in [2.75, 3.05) is 0 Å². The highest BCUT2D eigenvalue weighted by atomic mass is 19.1. The molecule has 0 radical (unpaired) electrons. The third-order valence-electron chi connectivity index (χ3n) is 6.18. The van der Waals surface area contributed by atoms with Crippen LogP contribution in [0.15, 0.2) is 48.8 Å². The summed E-state index contributed by atoms with van der Waals surface area (Å²) in [4.78, 5) is 21.9. The molecule has 2 aromatic carbocycles. The number of H-pyrrole nitrogens is 3. The van der Waals surface area contributed by atoms with E-state index in [2.05, 4.69) is 21.9 Å². The second-order valence-corrected chi connectivity index (χ2v) is 8.41. The second kappa shape index (κ2) is 7.41. The summed E-state index contributed by atoms with van der Waals surface area (Å²) < 4.78 is 14.5. The van der Waals surface area contributed by atoms with E-state index in [1.54, 1.807) is 6.20 Å². The molecule has 4 N–H and O–H groups in total. The van der Waals surface area contributed by atoms with Crippen LogP contribution >= 0.6 is 0 Å². The predicted molar refractivity (Wildman–Crippen MR) is 126 cm³/mol. The van der Waals surface area contributed by atoms with Crippen LogP contribution in [0.5, 0.6) is 0 Å². The van der Waals surface area contributed by atoms with Gasteiger partial charge in [0, 0.05) is 45.3 Å². The van der Waals surface area contributed by atoms with E-state index in [0.29, 0.717) is 22.3 Å². The Labute approximate surface area is 184 Å². The van der Waals surface area contributed by atoms with E-state index < -0.39 is 5.97 Å². The topological polar surface area (TPSA) is 84.7 Å². The number of carboxylic acid groups (broad SMARTS) is 1. The number of nitrogens with one attached hydrogen (secondary N) is 3. The van der Waals surface area contributed by atoms with Crippen LogP contribution in [0.4, 0.5) is 4.39 Å². The summed E-state index contributed by atoms with van der Waals surface area (Å²) in [5.41, 5.74) is 6.57. The Hall–Kier alpha value is -3.80. The summed E-state index contributed by atoms with van der Waals surface area (Å²) in [6.45, 7) is 6.15. The first-order valence-electron chi connectivity index (χ1n) is 10.8. The van der Waals surface area contributed by atoms with Crippen LogP contribution in [-0.2, 0) is 6.42 Å². The fourth-order valence-corrected chi connectivity index (χ4v) is 4.83. The second-order valence-electron chi connectivity index (χ2n) is 8.41. The highest BCUT2D eigenvalue weighted by Crippen LogP contribution is 2.45. The third-order valence-corrected chi connectivity index (χ3v) is 6.18. The number of halogens is 1. The van der Waals surface area contributed by atoms with Crippen molar-refractivity contribution in [1.29, 1.82) is 0 Å². The van der Waals surface area contributed by atoms with E-state index in [4.69, 9.17) is 0 Å². The minimum Gasteiger partial charge on any atom is -0.477 e. The van der Waals surface area contributed by atoms with Crippen LogP contribution in [0.3, 0.4) is 0 Å². The molecule has 6 heteroatoms. The fourth-order valence-electron chi connectivity index (χ4n) is 4.83. The van der Waals surface area contributed by atoms with Crippen molar-refractivity contribution in [1.82, 2.24) is 15.0 Å². The first-order valence-corrected chi connectivity index (χ1v) is 10.8. The molecule has 3 aromatic heterocycles.